The number of alkyl halides is 1. The predicted molar refractivity (Wildman–Crippen MR) is 87.1 cm³/mol. The molecule has 2 aromatic rings. The van der Waals surface area contributed by atoms with Crippen molar-refractivity contribution in [3.8, 4) is 0 Å². The molecular weight excluding hydrogens is 299 g/mol. The van der Waals surface area contributed by atoms with Gasteiger partial charge in [0.25, 0.3) is 5.91 Å². The van der Waals surface area contributed by atoms with Gasteiger partial charge in [0.15, 0.2) is 5.13 Å². The molecule has 0 spiro atoms. The van der Waals surface area contributed by atoms with Gasteiger partial charge < -0.3 is 0 Å². The van der Waals surface area contributed by atoms with Crippen molar-refractivity contribution in [2.75, 3.05) is 5.32 Å². The smallest absolute Gasteiger partial charge is 0.265 e. The number of carbonyl (C=O) groups is 1. The maximum Gasteiger partial charge on any atom is 0.265 e. The highest BCUT2D eigenvalue weighted by molar-refractivity contribution is 7.15. The highest BCUT2D eigenvalue weighted by Gasteiger charge is 2.23. The van der Waals surface area contributed by atoms with Crippen molar-refractivity contribution in [3.63, 3.8) is 0 Å². The monoisotopic (exact) mass is 318 g/mol. The number of carbonyl (C=O) groups excluding carboxylic acids is 1. The topological polar surface area (TPSA) is 42.0 Å². The molecule has 1 N–H and O–H groups in total. The fraction of sp³-hybridized carbons (Fsp3) is 0.412. The van der Waals surface area contributed by atoms with Gasteiger partial charge in [0.2, 0.25) is 6.17 Å². The van der Waals surface area contributed by atoms with E-state index in [4.69, 9.17) is 0 Å². The Morgan fingerprint density at radius 2 is 2.09 bits per heavy atom. The number of rotatable bonds is 4. The van der Waals surface area contributed by atoms with Crippen LogP contribution in [0.15, 0.2) is 24.4 Å². The Labute approximate surface area is 133 Å². The minimum absolute atomic E-state index is 0.348. The number of benzene rings is 1. The average Bonchev–Trinajstić information content (AvgIpc) is 3.14. The lowest BCUT2D eigenvalue weighted by Gasteiger charge is -2.10. The Morgan fingerprint density at radius 3 is 2.82 bits per heavy atom. The third kappa shape index (κ3) is 3.04. The Balaban J connectivity index is 1.71. The van der Waals surface area contributed by atoms with Crippen LogP contribution in [0.3, 0.4) is 0 Å². The summed E-state index contributed by atoms with van der Waals surface area (Å²) in [4.78, 5) is 17.3. The van der Waals surface area contributed by atoms with E-state index in [2.05, 4.69) is 24.1 Å². The molecular formula is C17H19FN2OS. The summed E-state index contributed by atoms with van der Waals surface area (Å²) in [7, 11) is 0. The number of aromatic nitrogens is 1. The number of nitrogens with one attached hydrogen (secondary N) is 1. The van der Waals surface area contributed by atoms with Gasteiger partial charge in [-0.05, 0) is 41.9 Å². The van der Waals surface area contributed by atoms with Crippen LogP contribution in [-0.2, 0) is 17.6 Å². The number of amides is 1. The Hall–Kier alpha value is -1.75. The second-order valence-electron chi connectivity index (χ2n) is 5.96. The van der Waals surface area contributed by atoms with E-state index in [1.165, 1.54) is 22.5 Å². The van der Waals surface area contributed by atoms with Gasteiger partial charge in [-0.1, -0.05) is 32.0 Å². The first-order chi connectivity index (χ1) is 10.5. The van der Waals surface area contributed by atoms with Crippen molar-refractivity contribution >= 4 is 22.4 Å². The lowest BCUT2D eigenvalue weighted by atomic mass is 10.0. The molecule has 1 atom stereocenters. The maximum absolute atomic E-state index is 14.4. The fourth-order valence-electron chi connectivity index (χ4n) is 2.68. The summed E-state index contributed by atoms with van der Waals surface area (Å²) in [6.45, 7) is 4.11. The van der Waals surface area contributed by atoms with E-state index in [1.54, 1.807) is 12.3 Å². The molecule has 5 heteroatoms. The van der Waals surface area contributed by atoms with E-state index < -0.39 is 12.1 Å². The number of hydrogen-bond acceptors (Lipinski definition) is 3. The van der Waals surface area contributed by atoms with Gasteiger partial charge >= 0.3 is 0 Å². The molecule has 1 aliphatic rings. The quantitative estimate of drug-likeness (QED) is 0.907. The molecule has 0 bridgehead atoms. The molecule has 0 saturated carbocycles. The standard InChI is InChI=1S/C17H19FN2OS/c1-10(2)14-9-19-17(22-14)20-16(21)15(18)13-7-6-11-4-3-5-12(11)8-13/h6-10,15H,3-5H2,1-2H3,(H,19,20,21). The lowest BCUT2D eigenvalue weighted by molar-refractivity contribution is -0.121. The third-order valence-electron chi connectivity index (χ3n) is 3.97. The summed E-state index contributed by atoms with van der Waals surface area (Å²) in [6, 6.07) is 5.49. The molecule has 0 fully saturated rings. The van der Waals surface area contributed by atoms with Crippen molar-refractivity contribution < 1.29 is 9.18 Å². The first-order valence-electron chi connectivity index (χ1n) is 7.57. The molecule has 1 aromatic heterocycles. The summed E-state index contributed by atoms with van der Waals surface area (Å²) in [5, 5.41) is 3.03. The van der Waals surface area contributed by atoms with Crippen LogP contribution in [0.4, 0.5) is 9.52 Å². The van der Waals surface area contributed by atoms with Gasteiger partial charge in [0, 0.05) is 11.1 Å². The molecule has 1 aromatic carbocycles. The van der Waals surface area contributed by atoms with Gasteiger partial charge in [-0.15, -0.1) is 11.3 Å². The van der Waals surface area contributed by atoms with Crippen LogP contribution in [-0.4, -0.2) is 10.9 Å². The zero-order valence-corrected chi connectivity index (χ0v) is 13.5. The molecule has 0 saturated heterocycles. The van der Waals surface area contributed by atoms with E-state index in [0.29, 0.717) is 16.6 Å². The van der Waals surface area contributed by atoms with Crippen molar-refractivity contribution in [3.05, 3.63) is 46.0 Å². The lowest BCUT2D eigenvalue weighted by Crippen LogP contribution is -2.18. The van der Waals surface area contributed by atoms with E-state index in [0.717, 1.165) is 24.1 Å². The Kier molecular flexibility index (Phi) is 4.25. The second-order valence-corrected chi connectivity index (χ2v) is 7.02. The highest BCUT2D eigenvalue weighted by Crippen LogP contribution is 2.29. The molecule has 3 rings (SSSR count). The first kappa shape index (κ1) is 15.2. The number of fused-ring (bicyclic) bond motifs is 1. The van der Waals surface area contributed by atoms with Gasteiger partial charge in [-0.2, -0.15) is 0 Å². The largest absolute Gasteiger partial charge is 0.299 e. The molecule has 1 heterocycles. The number of aryl methyl sites for hydroxylation is 2. The summed E-state index contributed by atoms with van der Waals surface area (Å²) in [5.41, 5.74) is 2.88. The molecule has 22 heavy (non-hydrogen) atoms. The minimum Gasteiger partial charge on any atom is -0.299 e. The van der Waals surface area contributed by atoms with E-state index >= 15 is 0 Å². The Bertz CT molecular complexity index is 696. The van der Waals surface area contributed by atoms with Crippen LogP contribution in [0.5, 0.6) is 0 Å². The van der Waals surface area contributed by atoms with Crippen LogP contribution in [0.2, 0.25) is 0 Å². The third-order valence-corrected chi connectivity index (χ3v) is 5.18. The first-order valence-corrected chi connectivity index (χ1v) is 8.38. The van der Waals surface area contributed by atoms with Crippen molar-refractivity contribution in [2.24, 2.45) is 0 Å². The minimum atomic E-state index is -1.66. The number of nitrogens with zero attached hydrogens (tertiary/aromatic N) is 1. The number of hydrogen-bond donors (Lipinski definition) is 1. The van der Waals surface area contributed by atoms with Gasteiger partial charge in [-0.3, -0.25) is 10.1 Å². The predicted octanol–water partition coefficient (Wildman–Crippen LogP) is 4.40. The molecule has 1 aliphatic carbocycles. The van der Waals surface area contributed by atoms with Crippen molar-refractivity contribution in [2.45, 2.75) is 45.2 Å². The summed E-state index contributed by atoms with van der Waals surface area (Å²) >= 11 is 1.39. The normalized spacial score (nSPS) is 14.9. The van der Waals surface area contributed by atoms with Crippen LogP contribution in [0.1, 0.15) is 53.9 Å². The zero-order chi connectivity index (χ0) is 15.7. The van der Waals surface area contributed by atoms with E-state index in [1.807, 2.05) is 12.1 Å². The number of thiazole rings is 1. The molecule has 1 unspecified atom stereocenters. The number of anilines is 1. The molecule has 0 aliphatic heterocycles. The van der Waals surface area contributed by atoms with Crippen LogP contribution in [0.25, 0.3) is 0 Å². The van der Waals surface area contributed by atoms with Gasteiger partial charge in [0.1, 0.15) is 0 Å². The molecule has 116 valence electrons. The summed E-state index contributed by atoms with van der Waals surface area (Å²) < 4.78 is 14.4. The maximum atomic E-state index is 14.4. The summed E-state index contributed by atoms with van der Waals surface area (Å²) in [5.74, 6) is -0.302. The summed E-state index contributed by atoms with van der Waals surface area (Å²) in [6.07, 6.45) is 3.21. The molecule has 3 nitrogen and oxygen atoms in total. The fourth-order valence-corrected chi connectivity index (χ4v) is 3.50. The van der Waals surface area contributed by atoms with Crippen molar-refractivity contribution in [1.82, 2.24) is 4.98 Å². The molecule has 1 amide bonds. The average molecular weight is 318 g/mol. The number of halogens is 1. The van der Waals surface area contributed by atoms with E-state index in [-0.39, 0.29) is 0 Å². The van der Waals surface area contributed by atoms with Crippen LogP contribution in [0, 0.1) is 0 Å². The van der Waals surface area contributed by atoms with E-state index in [9.17, 15) is 9.18 Å². The molecule has 0 radical (unpaired) electrons. The second kappa shape index (κ2) is 6.16. The van der Waals surface area contributed by atoms with Crippen LogP contribution >= 0.6 is 11.3 Å². The zero-order valence-electron chi connectivity index (χ0n) is 12.7. The Morgan fingerprint density at radius 1 is 1.32 bits per heavy atom. The van der Waals surface area contributed by atoms with Gasteiger partial charge in [0.05, 0.1) is 0 Å². The van der Waals surface area contributed by atoms with Gasteiger partial charge in [-0.25, -0.2) is 9.37 Å². The van der Waals surface area contributed by atoms with Crippen LogP contribution < -0.4 is 5.32 Å². The highest BCUT2D eigenvalue weighted by atomic mass is 32.1. The van der Waals surface area contributed by atoms with Crippen molar-refractivity contribution in [1.29, 1.82) is 0 Å². The SMILES string of the molecule is CC(C)c1cnc(NC(=O)C(F)c2ccc3c(c2)CCC3)s1.